The second-order valence-electron chi connectivity index (χ2n) is 10.2. The monoisotopic (exact) mass is 708 g/mol. The van der Waals surface area contributed by atoms with Gasteiger partial charge in [0, 0.05) is 35.0 Å². The quantitative estimate of drug-likeness (QED) is 0.221. The molecule has 0 unspecified atom stereocenters. The summed E-state index contributed by atoms with van der Waals surface area (Å²) in [4.78, 5) is 29.9. The summed E-state index contributed by atoms with van der Waals surface area (Å²) in [7, 11) is 1.40. The van der Waals surface area contributed by atoms with Crippen molar-refractivity contribution in [1.29, 1.82) is 0 Å². The summed E-state index contributed by atoms with van der Waals surface area (Å²) < 4.78 is 27.0. The van der Waals surface area contributed by atoms with E-state index >= 15 is 0 Å². The molecule has 41 heavy (non-hydrogen) atoms. The third kappa shape index (κ3) is 5.40. The van der Waals surface area contributed by atoms with Gasteiger partial charge in [0.2, 0.25) is 0 Å². The molecule has 0 radical (unpaired) electrons. The van der Waals surface area contributed by atoms with E-state index in [0.717, 1.165) is 31.7 Å². The Morgan fingerprint density at radius 2 is 2.02 bits per heavy atom. The second-order valence-corrected chi connectivity index (χ2v) is 12.9. The van der Waals surface area contributed by atoms with Crippen LogP contribution in [-0.2, 0) is 11.3 Å². The molecule has 2 aromatic carbocycles. The van der Waals surface area contributed by atoms with Gasteiger partial charge in [-0.3, -0.25) is 9.36 Å². The number of fused-ring (bicyclic) bond motifs is 1. The van der Waals surface area contributed by atoms with E-state index in [2.05, 4.69) is 42.4 Å². The fraction of sp³-hybridized carbons (Fsp3) is 0.357. The van der Waals surface area contributed by atoms with Crippen LogP contribution >= 0.6 is 46.0 Å². The van der Waals surface area contributed by atoms with Gasteiger partial charge >= 0.3 is 0 Å². The first-order valence-electron chi connectivity index (χ1n) is 13.0. The normalized spacial score (nSPS) is 20.2. The van der Waals surface area contributed by atoms with Gasteiger partial charge in [0.05, 0.1) is 54.9 Å². The number of nitrogens with zero attached hydrogens (tertiary/aromatic N) is 5. The maximum atomic E-state index is 14.7. The fourth-order valence-electron chi connectivity index (χ4n) is 5.42. The summed E-state index contributed by atoms with van der Waals surface area (Å²) in [6.07, 6.45) is 6.78. The molecule has 2 aliphatic rings. The number of benzene rings is 2. The number of alkyl halides is 1. The van der Waals surface area contributed by atoms with Crippen LogP contribution in [0.3, 0.4) is 0 Å². The van der Waals surface area contributed by atoms with E-state index in [1.54, 1.807) is 36.7 Å². The lowest BCUT2D eigenvalue weighted by molar-refractivity contribution is 0.127. The highest BCUT2D eigenvalue weighted by molar-refractivity contribution is 14.1. The van der Waals surface area contributed by atoms with Gasteiger partial charge in [0.1, 0.15) is 15.0 Å². The predicted molar refractivity (Wildman–Crippen MR) is 165 cm³/mol. The fourth-order valence-corrected chi connectivity index (χ4v) is 7.48. The lowest BCUT2D eigenvalue weighted by Crippen LogP contribution is -2.50. The molecule has 214 valence electrons. The predicted octanol–water partition coefficient (Wildman–Crippen LogP) is 4.89. The Morgan fingerprint density at radius 1 is 1.22 bits per heavy atom. The van der Waals surface area contributed by atoms with Gasteiger partial charge in [0.25, 0.3) is 5.56 Å². The maximum Gasteiger partial charge on any atom is 0.263 e. The number of hydrogen-bond acceptors (Lipinski definition) is 9. The topological polar surface area (TPSA) is 108 Å². The van der Waals surface area contributed by atoms with Gasteiger partial charge < -0.3 is 20.1 Å². The first kappa shape index (κ1) is 28.6. The van der Waals surface area contributed by atoms with Crippen LogP contribution in [0.25, 0.3) is 10.9 Å². The highest BCUT2D eigenvalue weighted by Crippen LogP contribution is 2.43. The Balaban J connectivity index is 1.19. The lowest BCUT2D eigenvalue weighted by atomic mass is 9.75. The largest absolute Gasteiger partial charge is 0.494 e. The van der Waals surface area contributed by atoms with E-state index in [4.69, 9.17) is 26.8 Å². The van der Waals surface area contributed by atoms with Gasteiger partial charge in [-0.05, 0) is 53.6 Å². The number of methoxy groups -OCH3 is 1. The van der Waals surface area contributed by atoms with Crippen molar-refractivity contribution in [1.82, 2.24) is 19.5 Å². The van der Waals surface area contributed by atoms with Gasteiger partial charge in [-0.25, -0.2) is 19.3 Å². The van der Waals surface area contributed by atoms with Crippen molar-refractivity contribution in [3.05, 3.63) is 75.8 Å². The van der Waals surface area contributed by atoms with Crippen LogP contribution in [0, 0.1) is 11.2 Å². The molecule has 2 atom stereocenters. The molecule has 9 nitrogen and oxygen atoms in total. The number of halogens is 3. The smallest absolute Gasteiger partial charge is 0.263 e. The van der Waals surface area contributed by atoms with E-state index in [-0.39, 0.29) is 43.8 Å². The Hall–Kier alpha value is -2.52. The zero-order valence-corrected chi connectivity index (χ0v) is 25.8. The molecule has 1 spiro atoms. The molecule has 2 aromatic heterocycles. The van der Waals surface area contributed by atoms with Crippen LogP contribution < -0.4 is 20.9 Å². The third-order valence-corrected chi connectivity index (χ3v) is 10.6. The maximum absolute atomic E-state index is 14.7. The van der Waals surface area contributed by atoms with Crippen molar-refractivity contribution < 1.29 is 13.9 Å². The van der Waals surface area contributed by atoms with Crippen molar-refractivity contribution in [3.63, 3.8) is 0 Å². The molecule has 0 aliphatic carbocycles. The first-order valence-corrected chi connectivity index (χ1v) is 15.5. The number of hydrogen-bond donors (Lipinski definition) is 1. The van der Waals surface area contributed by atoms with Gasteiger partial charge in [0.15, 0.2) is 11.6 Å². The average Bonchev–Trinajstić information content (AvgIpc) is 3.26. The van der Waals surface area contributed by atoms with Gasteiger partial charge in [-0.1, -0.05) is 35.5 Å². The molecule has 0 amide bonds. The van der Waals surface area contributed by atoms with E-state index in [1.165, 1.54) is 35.8 Å². The molecule has 0 saturated carbocycles. The molecule has 4 heterocycles. The number of piperidine rings is 1. The zero-order valence-electron chi connectivity index (χ0n) is 22.1. The standard InChI is InChI=1S/C28H27ClFIN6O3S/c1-39-18-4-2-3-16(24(18)30)13-37-15-35-17-5-6-19(23(29)22(17)27(37)38)41-21-12-33-20(11-34-21)36-9-7-28(8-10-36)14-40-26(31)25(28)32/h2-6,11-12,15,25-26H,7-10,13-14,32H2,1H3/t25-,26-/m1/s1. The van der Waals surface area contributed by atoms with Crippen molar-refractivity contribution in [2.24, 2.45) is 11.1 Å². The van der Waals surface area contributed by atoms with Crippen LogP contribution in [0.1, 0.15) is 18.4 Å². The minimum atomic E-state index is -0.520. The summed E-state index contributed by atoms with van der Waals surface area (Å²) in [6, 6.07) is 8.40. The Bertz CT molecular complexity index is 1650. The molecular weight excluding hydrogens is 682 g/mol. The van der Waals surface area contributed by atoms with E-state index < -0.39 is 5.82 Å². The molecule has 0 bridgehead atoms. The van der Waals surface area contributed by atoms with Gasteiger partial charge in [-0.2, -0.15) is 0 Å². The average molecular weight is 709 g/mol. The molecular formula is C28H27ClFIN6O3S. The molecule has 2 saturated heterocycles. The minimum absolute atomic E-state index is 0.0132. The molecule has 13 heteroatoms. The summed E-state index contributed by atoms with van der Waals surface area (Å²) >= 11 is 10.3. The lowest BCUT2D eigenvalue weighted by Gasteiger charge is -2.41. The molecule has 6 rings (SSSR count). The number of ether oxygens (including phenoxy) is 2. The van der Waals surface area contributed by atoms with Crippen LogP contribution in [-0.4, -0.2) is 56.5 Å². The van der Waals surface area contributed by atoms with E-state index in [9.17, 15) is 9.18 Å². The zero-order chi connectivity index (χ0) is 28.7. The number of nitrogens with two attached hydrogens (primary N) is 1. The van der Waals surface area contributed by atoms with Crippen molar-refractivity contribution in [2.45, 2.75) is 39.5 Å². The van der Waals surface area contributed by atoms with Crippen LogP contribution in [0.5, 0.6) is 5.75 Å². The minimum Gasteiger partial charge on any atom is -0.494 e. The Kier molecular flexibility index (Phi) is 8.11. The summed E-state index contributed by atoms with van der Waals surface area (Å²) in [6.45, 7) is 2.39. The number of rotatable bonds is 6. The highest BCUT2D eigenvalue weighted by atomic mass is 127. The van der Waals surface area contributed by atoms with Crippen LogP contribution in [0.4, 0.5) is 10.2 Å². The van der Waals surface area contributed by atoms with E-state index in [1.807, 2.05) is 0 Å². The van der Waals surface area contributed by atoms with Crippen molar-refractivity contribution >= 4 is 62.7 Å². The summed E-state index contributed by atoms with van der Waals surface area (Å²) in [5.74, 6) is 0.400. The number of aromatic nitrogens is 4. The SMILES string of the molecule is COc1cccc(Cn2cnc3ccc(Sc4cnc(N5CCC6(CC5)CO[C@@H](I)[C@H]6N)cn4)c(Cl)c3c2=O)c1F. The number of anilines is 1. The van der Waals surface area contributed by atoms with Gasteiger partial charge in [-0.15, -0.1) is 0 Å². The Labute approximate surface area is 258 Å². The van der Waals surface area contributed by atoms with Crippen molar-refractivity contribution in [2.75, 3.05) is 31.7 Å². The van der Waals surface area contributed by atoms with E-state index in [0.29, 0.717) is 27.6 Å². The third-order valence-electron chi connectivity index (χ3n) is 7.93. The first-order chi connectivity index (χ1) is 19.8. The molecule has 2 N–H and O–H groups in total. The van der Waals surface area contributed by atoms with Crippen LogP contribution in [0.2, 0.25) is 5.02 Å². The molecule has 2 fully saturated rings. The molecule has 4 aromatic rings. The van der Waals surface area contributed by atoms with Crippen molar-refractivity contribution in [3.8, 4) is 5.75 Å². The van der Waals surface area contributed by atoms with Crippen LogP contribution in [0.15, 0.2) is 63.8 Å². The second kappa shape index (κ2) is 11.6. The summed E-state index contributed by atoms with van der Waals surface area (Å²) in [5.41, 5.74) is 6.88. The summed E-state index contributed by atoms with van der Waals surface area (Å²) in [5, 5.41) is 1.17. The molecule has 2 aliphatic heterocycles. The highest BCUT2D eigenvalue weighted by Gasteiger charge is 2.48. The Morgan fingerprint density at radius 3 is 2.71 bits per heavy atom.